The summed E-state index contributed by atoms with van der Waals surface area (Å²) >= 11 is 6.08. The summed E-state index contributed by atoms with van der Waals surface area (Å²) in [6.07, 6.45) is 0. The highest BCUT2D eigenvalue weighted by Gasteiger charge is 2.26. The topological polar surface area (TPSA) is 79.4 Å². The minimum atomic E-state index is -1.01. The minimum Gasteiger partial charge on any atom is -0.489 e. The minimum absolute atomic E-state index is 0.255. The molecule has 4 aromatic rings. The number of fused-ring (bicyclic) bond motifs is 1. The Labute approximate surface area is 184 Å². The van der Waals surface area contributed by atoms with Crippen molar-refractivity contribution in [3.05, 3.63) is 100 Å². The number of hydrogen-bond donors (Lipinski definition) is 2. The van der Waals surface area contributed by atoms with E-state index in [9.17, 15) is 14.7 Å². The molecule has 0 aliphatic carbocycles. The van der Waals surface area contributed by atoms with E-state index in [-0.39, 0.29) is 11.5 Å². The van der Waals surface area contributed by atoms with Gasteiger partial charge in [-0.3, -0.25) is 9.59 Å². The molecule has 0 fully saturated rings. The molecule has 0 radical (unpaired) electrons. The molecule has 1 heterocycles. The van der Waals surface area contributed by atoms with Crippen LogP contribution in [-0.4, -0.2) is 21.8 Å². The number of aliphatic carboxylic acids is 1. The second-order valence-electron chi connectivity index (χ2n) is 7.29. The van der Waals surface area contributed by atoms with E-state index in [4.69, 9.17) is 16.3 Å². The van der Waals surface area contributed by atoms with Gasteiger partial charge in [-0.05, 0) is 48.9 Å². The molecule has 3 aromatic carbocycles. The van der Waals surface area contributed by atoms with E-state index in [1.165, 1.54) is 0 Å². The highest BCUT2D eigenvalue weighted by molar-refractivity contribution is 6.31. The summed E-state index contributed by atoms with van der Waals surface area (Å²) < 4.78 is 5.78. The molecular weight excluding hydrogens is 414 g/mol. The zero-order valence-electron chi connectivity index (χ0n) is 16.8. The molecule has 1 atom stereocenters. The zero-order valence-corrected chi connectivity index (χ0v) is 17.5. The van der Waals surface area contributed by atoms with Gasteiger partial charge in [-0.1, -0.05) is 48.0 Å². The highest BCUT2D eigenvalue weighted by atomic mass is 35.5. The fraction of sp³-hybridized carbons (Fsp3) is 0.120. The standard InChI is InChI=1S/C25H20ClNO4/c1-15(25(29)30)22-20-12-9-18(26)13-21(20)27-23(22)24(28)17-7-10-19(11-8-17)31-14-16-5-3-2-4-6-16/h2-13,15,27H,14H2,1H3,(H,29,30). The van der Waals surface area contributed by atoms with E-state index in [0.717, 1.165) is 5.56 Å². The Morgan fingerprint density at radius 3 is 2.42 bits per heavy atom. The van der Waals surface area contributed by atoms with E-state index >= 15 is 0 Å². The zero-order chi connectivity index (χ0) is 22.0. The number of carboxylic acid groups (broad SMARTS) is 1. The third kappa shape index (κ3) is 4.32. The lowest BCUT2D eigenvalue weighted by Gasteiger charge is -2.10. The Bertz CT molecular complexity index is 1250. The summed E-state index contributed by atoms with van der Waals surface area (Å²) in [5.74, 6) is -1.51. The van der Waals surface area contributed by atoms with Crippen LogP contribution in [-0.2, 0) is 11.4 Å². The molecule has 1 aromatic heterocycles. The first-order valence-electron chi connectivity index (χ1n) is 9.79. The van der Waals surface area contributed by atoms with Crippen LogP contribution >= 0.6 is 11.6 Å². The first-order valence-corrected chi connectivity index (χ1v) is 10.2. The van der Waals surface area contributed by atoms with Gasteiger partial charge in [-0.2, -0.15) is 0 Å². The number of hydrogen-bond acceptors (Lipinski definition) is 3. The molecule has 0 aliphatic heterocycles. The van der Waals surface area contributed by atoms with E-state index in [1.807, 2.05) is 30.3 Å². The molecule has 31 heavy (non-hydrogen) atoms. The lowest BCUT2D eigenvalue weighted by atomic mass is 9.94. The predicted octanol–water partition coefficient (Wildman–Crippen LogP) is 5.82. The SMILES string of the molecule is CC(C(=O)O)c1c(C(=O)c2ccc(OCc3ccccc3)cc2)[nH]c2cc(Cl)ccc12. The van der Waals surface area contributed by atoms with E-state index < -0.39 is 11.9 Å². The quantitative estimate of drug-likeness (QED) is 0.360. The fourth-order valence-corrected chi connectivity index (χ4v) is 3.70. The number of carbonyl (C=O) groups excluding carboxylic acids is 1. The molecule has 0 aliphatic rings. The molecule has 0 saturated carbocycles. The monoisotopic (exact) mass is 433 g/mol. The summed E-state index contributed by atoms with van der Waals surface area (Å²) in [5.41, 5.74) is 2.82. The Hall–Kier alpha value is -3.57. The molecule has 5 nitrogen and oxygen atoms in total. The van der Waals surface area contributed by atoms with Gasteiger partial charge in [0.1, 0.15) is 12.4 Å². The Kier molecular flexibility index (Phi) is 5.78. The van der Waals surface area contributed by atoms with Crippen LogP contribution in [0.25, 0.3) is 10.9 Å². The second-order valence-corrected chi connectivity index (χ2v) is 7.73. The number of aromatic amines is 1. The van der Waals surface area contributed by atoms with Crippen LogP contribution in [0.15, 0.2) is 72.8 Å². The Morgan fingerprint density at radius 2 is 1.74 bits per heavy atom. The van der Waals surface area contributed by atoms with Gasteiger partial charge >= 0.3 is 5.97 Å². The summed E-state index contributed by atoms with van der Waals surface area (Å²) in [7, 11) is 0. The van der Waals surface area contributed by atoms with E-state index in [0.29, 0.717) is 39.4 Å². The largest absolute Gasteiger partial charge is 0.489 e. The number of carbonyl (C=O) groups is 2. The fourth-order valence-electron chi connectivity index (χ4n) is 3.53. The van der Waals surface area contributed by atoms with Crippen molar-refractivity contribution < 1.29 is 19.4 Å². The van der Waals surface area contributed by atoms with Crippen molar-refractivity contribution >= 4 is 34.3 Å². The van der Waals surface area contributed by atoms with Gasteiger partial charge in [-0.25, -0.2) is 0 Å². The van der Waals surface area contributed by atoms with Crippen LogP contribution in [0.4, 0.5) is 0 Å². The first-order chi connectivity index (χ1) is 14.9. The number of halogens is 1. The average Bonchev–Trinajstić information content (AvgIpc) is 3.16. The molecular formula is C25H20ClNO4. The normalized spacial score (nSPS) is 11.9. The van der Waals surface area contributed by atoms with Crippen LogP contribution in [0.5, 0.6) is 5.75 Å². The van der Waals surface area contributed by atoms with Gasteiger partial charge < -0.3 is 14.8 Å². The number of benzene rings is 3. The first kappa shape index (κ1) is 20.7. The summed E-state index contributed by atoms with van der Waals surface area (Å²) in [4.78, 5) is 28.0. The number of nitrogens with one attached hydrogen (secondary N) is 1. The van der Waals surface area contributed by atoms with Gasteiger partial charge in [0, 0.05) is 27.1 Å². The number of ether oxygens (including phenoxy) is 1. The number of H-pyrrole nitrogens is 1. The van der Waals surface area contributed by atoms with Gasteiger partial charge in [0.25, 0.3) is 0 Å². The predicted molar refractivity (Wildman–Crippen MR) is 120 cm³/mol. The van der Waals surface area contributed by atoms with Crippen LogP contribution in [0.3, 0.4) is 0 Å². The van der Waals surface area contributed by atoms with Crippen molar-refractivity contribution in [3.8, 4) is 5.75 Å². The maximum atomic E-state index is 13.2. The number of aromatic nitrogens is 1. The van der Waals surface area contributed by atoms with Crippen LogP contribution in [0.2, 0.25) is 5.02 Å². The van der Waals surface area contributed by atoms with Crippen LogP contribution in [0, 0.1) is 0 Å². The molecule has 0 saturated heterocycles. The number of rotatable bonds is 7. The number of ketones is 1. The maximum Gasteiger partial charge on any atom is 0.310 e. The van der Waals surface area contributed by atoms with Crippen molar-refractivity contribution in [2.24, 2.45) is 0 Å². The molecule has 0 amide bonds. The molecule has 1 unspecified atom stereocenters. The molecule has 4 rings (SSSR count). The summed E-state index contributed by atoms with van der Waals surface area (Å²) in [5, 5.41) is 10.7. The Balaban J connectivity index is 1.63. The average molecular weight is 434 g/mol. The second kappa shape index (κ2) is 8.66. The summed E-state index contributed by atoms with van der Waals surface area (Å²) in [6.45, 7) is 1.99. The lowest BCUT2D eigenvalue weighted by Crippen LogP contribution is -2.13. The van der Waals surface area contributed by atoms with Gasteiger partial charge in [0.15, 0.2) is 0 Å². The van der Waals surface area contributed by atoms with E-state index in [2.05, 4.69) is 4.98 Å². The molecule has 0 spiro atoms. The third-order valence-corrected chi connectivity index (χ3v) is 5.43. The van der Waals surface area contributed by atoms with Gasteiger partial charge in [0.05, 0.1) is 11.6 Å². The van der Waals surface area contributed by atoms with E-state index in [1.54, 1.807) is 49.4 Å². The molecule has 2 N–H and O–H groups in total. The van der Waals surface area contributed by atoms with Crippen molar-refractivity contribution in [1.29, 1.82) is 0 Å². The smallest absolute Gasteiger partial charge is 0.310 e. The Morgan fingerprint density at radius 1 is 1.03 bits per heavy atom. The number of carboxylic acids is 1. The highest BCUT2D eigenvalue weighted by Crippen LogP contribution is 2.32. The maximum absolute atomic E-state index is 13.2. The van der Waals surface area contributed by atoms with Crippen molar-refractivity contribution in [1.82, 2.24) is 4.98 Å². The van der Waals surface area contributed by atoms with Crippen molar-refractivity contribution in [2.75, 3.05) is 0 Å². The molecule has 0 bridgehead atoms. The van der Waals surface area contributed by atoms with Crippen LogP contribution < -0.4 is 4.74 Å². The molecule has 156 valence electrons. The van der Waals surface area contributed by atoms with Crippen LogP contribution in [0.1, 0.15) is 40.0 Å². The third-order valence-electron chi connectivity index (χ3n) is 5.20. The lowest BCUT2D eigenvalue weighted by molar-refractivity contribution is -0.138. The van der Waals surface area contributed by atoms with Crippen molar-refractivity contribution in [2.45, 2.75) is 19.4 Å². The molecule has 6 heteroatoms. The van der Waals surface area contributed by atoms with Crippen molar-refractivity contribution in [3.63, 3.8) is 0 Å². The van der Waals surface area contributed by atoms with Gasteiger partial charge in [0.2, 0.25) is 5.78 Å². The van der Waals surface area contributed by atoms with Gasteiger partial charge in [-0.15, -0.1) is 0 Å². The summed E-state index contributed by atoms with van der Waals surface area (Å²) in [6, 6.07) is 21.7.